The first-order chi connectivity index (χ1) is 14.3. The fourth-order valence-corrected chi connectivity index (χ4v) is 4.26. The van der Waals surface area contributed by atoms with E-state index in [1.807, 2.05) is 0 Å². The Morgan fingerprint density at radius 1 is 1.00 bits per heavy atom. The van der Waals surface area contributed by atoms with Gasteiger partial charge in [-0.1, -0.05) is 0 Å². The van der Waals surface area contributed by atoms with Crippen LogP contribution in [0.3, 0.4) is 0 Å². The van der Waals surface area contributed by atoms with Crippen LogP contribution in [-0.2, 0) is 14.8 Å². The van der Waals surface area contributed by atoms with Crippen LogP contribution >= 0.6 is 0 Å². The van der Waals surface area contributed by atoms with Crippen molar-refractivity contribution in [3.8, 4) is 5.69 Å². The summed E-state index contributed by atoms with van der Waals surface area (Å²) in [5.74, 6) is -1.09. The molecule has 4 rings (SSSR count). The number of anilines is 2. The van der Waals surface area contributed by atoms with Gasteiger partial charge < -0.3 is 10.0 Å². The minimum atomic E-state index is -3.81. The number of carboxylic acids is 1. The van der Waals surface area contributed by atoms with Crippen LogP contribution in [0.5, 0.6) is 0 Å². The molecule has 1 saturated heterocycles. The fraction of sp³-hybridized carbons (Fsp3) is 0.150. The van der Waals surface area contributed by atoms with Crippen molar-refractivity contribution in [3.05, 3.63) is 66.5 Å². The highest BCUT2D eigenvalue weighted by Crippen LogP contribution is 2.24. The zero-order chi connectivity index (χ0) is 21.3. The lowest BCUT2D eigenvalue weighted by Gasteiger charge is -2.16. The van der Waals surface area contributed by atoms with Crippen molar-refractivity contribution in [2.75, 3.05) is 16.2 Å². The van der Waals surface area contributed by atoms with E-state index in [2.05, 4.69) is 9.82 Å². The molecule has 1 amide bonds. The molecule has 10 heteroatoms. The fourth-order valence-electron chi connectivity index (χ4n) is 3.20. The molecule has 2 N–H and O–H groups in total. The topological polar surface area (TPSA) is 122 Å². The van der Waals surface area contributed by atoms with Gasteiger partial charge in [-0.15, -0.1) is 0 Å². The second-order valence-electron chi connectivity index (χ2n) is 6.75. The van der Waals surface area contributed by atoms with Crippen molar-refractivity contribution in [2.45, 2.75) is 17.7 Å². The monoisotopic (exact) mass is 426 g/mol. The van der Waals surface area contributed by atoms with Crippen LogP contribution < -0.4 is 9.62 Å². The number of nitrogens with one attached hydrogen (secondary N) is 1. The molecule has 0 spiro atoms. The summed E-state index contributed by atoms with van der Waals surface area (Å²) in [4.78, 5) is 24.5. The van der Waals surface area contributed by atoms with Crippen LogP contribution in [0, 0.1) is 0 Å². The molecule has 9 nitrogen and oxygen atoms in total. The largest absolute Gasteiger partial charge is 0.476 e. The quantitative estimate of drug-likeness (QED) is 0.625. The van der Waals surface area contributed by atoms with Crippen molar-refractivity contribution in [3.63, 3.8) is 0 Å². The lowest BCUT2D eigenvalue weighted by Crippen LogP contribution is -2.23. The highest BCUT2D eigenvalue weighted by molar-refractivity contribution is 7.92. The van der Waals surface area contributed by atoms with E-state index in [9.17, 15) is 18.0 Å². The van der Waals surface area contributed by atoms with Crippen LogP contribution in [-0.4, -0.2) is 41.7 Å². The van der Waals surface area contributed by atoms with Gasteiger partial charge in [0.2, 0.25) is 5.91 Å². The van der Waals surface area contributed by atoms with Crippen LogP contribution in [0.25, 0.3) is 5.69 Å². The number of hydrogen-bond donors (Lipinski definition) is 2. The van der Waals surface area contributed by atoms with Crippen molar-refractivity contribution in [1.29, 1.82) is 0 Å². The maximum atomic E-state index is 12.7. The molecule has 1 fully saturated rings. The Hall–Kier alpha value is -3.66. The molecular formula is C20H18N4O5S. The Bertz CT molecular complexity index is 1200. The molecule has 2 aromatic carbocycles. The Kier molecular flexibility index (Phi) is 5.00. The molecule has 154 valence electrons. The number of aromatic carboxylic acids is 1. The van der Waals surface area contributed by atoms with E-state index in [0.29, 0.717) is 30.0 Å². The molecule has 0 aliphatic carbocycles. The highest BCUT2D eigenvalue weighted by atomic mass is 32.2. The second-order valence-corrected chi connectivity index (χ2v) is 8.43. The van der Waals surface area contributed by atoms with Gasteiger partial charge in [-0.2, -0.15) is 5.10 Å². The average molecular weight is 426 g/mol. The molecule has 0 saturated carbocycles. The summed E-state index contributed by atoms with van der Waals surface area (Å²) in [7, 11) is -3.81. The Morgan fingerprint density at radius 3 is 2.23 bits per heavy atom. The summed E-state index contributed by atoms with van der Waals surface area (Å²) in [6.45, 7) is 0.639. The predicted molar refractivity (Wildman–Crippen MR) is 109 cm³/mol. The summed E-state index contributed by atoms with van der Waals surface area (Å²) < 4.78 is 29.2. The summed E-state index contributed by atoms with van der Waals surface area (Å²) >= 11 is 0. The van der Waals surface area contributed by atoms with E-state index >= 15 is 0 Å². The Balaban J connectivity index is 1.48. The van der Waals surface area contributed by atoms with E-state index in [4.69, 9.17) is 5.11 Å². The van der Waals surface area contributed by atoms with Gasteiger partial charge in [0, 0.05) is 30.5 Å². The molecule has 1 aromatic heterocycles. The lowest BCUT2D eigenvalue weighted by atomic mass is 10.3. The van der Waals surface area contributed by atoms with Crippen molar-refractivity contribution in [1.82, 2.24) is 9.78 Å². The zero-order valence-electron chi connectivity index (χ0n) is 15.7. The third-order valence-corrected chi connectivity index (χ3v) is 6.12. The first kappa shape index (κ1) is 19.6. The number of hydrogen-bond acceptors (Lipinski definition) is 5. The third kappa shape index (κ3) is 3.90. The number of aromatic nitrogens is 2. The van der Waals surface area contributed by atoms with Crippen LogP contribution in [0.15, 0.2) is 65.7 Å². The van der Waals surface area contributed by atoms with Gasteiger partial charge in [-0.25, -0.2) is 17.9 Å². The van der Waals surface area contributed by atoms with E-state index in [1.54, 1.807) is 41.3 Å². The van der Waals surface area contributed by atoms with Gasteiger partial charge in [0.25, 0.3) is 10.0 Å². The number of nitrogens with zero attached hydrogens (tertiary/aromatic N) is 3. The van der Waals surface area contributed by atoms with E-state index < -0.39 is 16.0 Å². The smallest absolute Gasteiger partial charge is 0.356 e. The summed E-state index contributed by atoms with van der Waals surface area (Å²) in [5, 5.41) is 12.9. The minimum absolute atomic E-state index is 0.0384. The zero-order valence-corrected chi connectivity index (χ0v) is 16.5. The minimum Gasteiger partial charge on any atom is -0.476 e. The first-order valence-electron chi connectivity index (χ1n) is 9.16. The average Bonchev–Trinajstić information content (AvgIpc) is 3.38. The van der Waals surface area contributed by atoms with Gasteiger partial charge in [0.15, 0.2) is 5.69 Å². The molecule has 2 heterocycles. The molecule has 1 aliphatic rings. The van der Waals surface area contributed by atoms with E-state index in [0.717, 1.165) is 6.42 Å². The number of carboxylic acid groups (broad SMARTS) is 1. The summed E-state index contributed by atoms with van der Waals surface area (Å²) in [6, 6.07) is 13.9. The van der Waals surface area contributed by atoms with E-state index in [-0.39, 0.29) is 16.5 Å². The SMILES string of the molecule is O=C(O)c1ccn(-c2ccc(NS(=O)(=O)c3ccc(N4CCCC4=O)cc3)cc2)n1. The van der Waals surface area contributed by atoms with Gasteiger partial charge in [0.05, 0.1) is 10.6 Å². The van der Waals surface area contributed by atoms with E-state index in [1.165, 1.54) is 29.1 Å². The van der Waals surface area contributed by atoms with Gasteiger partial charge in [0.1, 0.15) is 0 Å². The first-order valence-corrected chi connectivity index (χ1v) is 10.6. The standard InChI is InChI=1S/C20H18N4O5S/c25-19-2-1-12-23(19)15-7-9-17(10-8-15)30(28,29)22-14-3-5-16(6-4-14)24-13-11-18(21-24)20(26)27/h3-11,13,22H,1-2,12H2,(H,26,27). The van der Waals surface area contributed by atoms with Crippen LogP contribution in [0.1, 0.15) is 23.3 Å². The van der Waals surface area contributed by atoms with Crippen LogP contribution in [0.2, 0.25) is 0 Å². The van der Waals surface area contributed by atoms with Crippen molar-refractivity contribution < 1.29 is 23.1 Å². The number of carbonyl (C=O) groups is 2. The molecule has 30 heavy (non-hydrogen) atoms. The lowest BCUT2D eigenvalue weighted by molar-refractivity contribution is -0.117. The number of sulfonamides is 1. The molecule has 0 unspecified atom stereocenters. The number of rotatable bonds is 6. The Labute approximate surface area is 172 Å². The van der Waals surface area contributed by atoms with Gasteiger partial charge >= 0.3 is 5.97 Å². The normalized spacial score (nSPS) is 14.1. The summed E-state index contributed by atoms with van der Waals surface area (Å²) in [6.07, 6.45) is 2.82. The van der Waals surface area contributed by atoms with Crippen molar-refractivity contribution in [2.24, 2.45) is 0 Å². The molecular weight excluding hydrogens is 408 g/mol. The van der Waals surface area contributed by atoms with Gasteiger partial charge in [-0.05, 0) is 61.0 Å². The third-order valence-electron chi connectivity index (χ3n) is 4.72. The predicted octanol–water partition coefficient (Wildman–Crippen LogP) is 2.50. The highest BCUT2D eigenvalue weighted by Gasteiger charge is 2.22. The van der Waals surface area contributed by atoms with Gasteiger partial charge in [-0.3, -0.25) is 9.52 Å². The molecule has 0 atom stereocenters. The maximum absolute atomic E-state index is 12.7. The maximum Gasteiger partial charge on any atom is 0.356 e. The molecule has 0 radical (unpaired) electrons. The molecule has 1 aliphatic heterocycles. The summed E-state index contributed by atoms with van der Waals surface area (Å²) in [5.41, 5.74) is 1.54. The van der Waals surface area contributed by atoms with Crippen LogP contribution in [0.4, 0.5) is 11.4 Å². The number of amides is 1. The number of benzene rings is 2. The second kappa shape index (κ2) is 7.64. The Morgan fingerprint density at radius 2 is 1.67 bits per heavy atom. The van der Waals surface area contributed by atoms with Crippen molar-refractivity contribution >= 4 is 33.3 Å². The number of carbonyl (C=O) groups excluding carboxylic acids is 1. The molecule has 3 aromatic rings. The molecule has 0 bridgehead atoms.